The lowest BCUT2D eigenvalue weighted by atomic mass is 9.90. The van der Waals surface area contributed by atoms with Gasteiger partial charge in [0.15, 0.2) is 0 Å². The van der Waals surface area contributed by atoms with Crippen LogP contribution in [0.4, 0.5) is 0 Å². The molecule has 0 saturated heterocycles. The van der Waals surface area contributed by atoms with Crippen LogP contribution in [-0.4, -0.2) is 36.3 Å². The molecule has 0 atom stereocenters. The highest BCUT2D eigenvalue weighted by atomic mass is 16.2. The number of nitrogens with one attached hydrogen (secondary N) is 1. The lowest BCUT2D eigenvalue weighted by Crippen LogP contribution is -2.39. The molecular weight excluding hydrogens is 336 g/mol. The highest BCUT2D eigenvalue weighted by Gasteiger charge is 2.22. The molecule has 0 aromatic heterocycles. The Balaban J connectivity index is 2.01. The minimum Gasteiger partial charge on any atom is -0.354 e. The molecule has 0 saturated carbocycles. The van der Waals surface area contributed by atoms with E-state index in [2.05, 4.69) is 12.2 Å². The van der Waals surface area contributed by atoms with Gasteiger partial charge in [-0.05, 0) is 17.5 Å². The first-order chi connectivity index (χ1) is 13.1. The number of hydrogen-bond acceptors (Lipinski definition) is 2. The van der Waals surface area contributed by atoms with Crippen molar-refractivity contribution in [3.8, 4) is 0 Å². The summed E-state index contributed by atoms with van der Waals surface area (Å²) < 4.78 is 0. The molecule has 0 spiro atoms. The fraction of sp³-hybridized carbons (Fsp3) is 0.391. The third-order valence-electron chi connectivity index (χ3n) is 4.69. The van der Waals surface area contributed by atoms with Crippen LogP contribution in [0, 0.1) is 0 Å². The lowest BCUT2D eigenvalue weighted by Gasteiger charge is -2.23. The van der Waals surface area contributed by atoms with E-state index < -0.39 is 0 Å². The summed E-state index contributed by atoms with van der Waals surface area (Å²) in [6.07, 6.45) is 3.24. The smallest absolute Gasteiger partial charge is 0.232 e. The molecule has 0 aliphatic rings. The van der Waals surface area contributed by atoms with Crippen molar-refractivity contribution in [2.75, 3.05) is 19.6 Å². The van der Waals surface area contributed by atoms with Crippen molar-refractivity contribution in [3.05, 3.63) is 71.8 Å². The third-order valence-corrected chi connectivity index (χ3v) is 4.69. The molecule has 2 aromatic rings. The van der Waals surface area contributed by atoms with Gasteiger partial charge in [-0.25, -0.2) is 0 Å². The fourth-order valence-corrected chi connectivity index (χ4v) is 3.18. The van der Waals surface area contributed by atoms with Crippen molar-refractivity contribution >= 4 is 11.8 Å². The topological polar surface area (TPSA) is 49.4 Å². The predicted molar refractivity (Wildman–Crippen MR) is 110 cm³/mol. The first-order valence-corrected chi connectivity index (χ1v) is 9.76. The van der Waals surface area contributed by atoms with Crippen molar-refractivity contribution < 1.29 is 9.59 Å². The Labute approximate surface area is 162 Å². The predicted octanol–water partition coefficient (Wildman–Crippen LogP) is 3.97. The van der Waals surface area contributed by atoms with Gasteiger partial charge < -0.3 is 10.2 Å². The second kappa shape index (κ2) is 11.2. The average Bonchev–Trinajstić information content (AvgIpc) is 2.68. The van der Waals surface area contributed by atoms with Gasteiger partial charge in [-0.1, -0.05) is 80.4 Å². The van der Waals surface area contributed by atoms with E-state index in [9.17, 15) is 9.59 Å². The zero-order valence-corrected chi connectivity index (χ0v) is 16.4. The summed E-state index contributed by atoms with van der Waals surface area (Å²) in [6.45, 7) is 5.48. The third kappa shape index (κ3) is 6.55. The van der Waals surface area contributed by atoms with E-state index in [4.69, 9.17) is 0 Å². The molecule has 0 unspecified atom stereocenters. The highest BCUT2D eigenvalue weighted by Crippen LogP contribution is 2.24. The molecule has 4 nitrogen and oxygen atoms in total. The Kier molecular flexibility index (Phi) is 8.56. The molecular formula is C23H30N2O2. The van der Waals surface area contributed by atoms with Crippen LogP contribution >= 0.6 is 0 Å². The minimum absolute atomic E-state index is 0.0375. The van der Waals surface area contributed by atoms with Crippen LogP contribution < -0.4 is 5.32 Å². The van der Waals surface area contributed by atoms with Crippen molar-refractivity contribution in [2.45, 2.75) is 39.0 Å². The van der Waals surface area contributed by atoms with Crippen molar-refractivity contribution in [3.63, 3.8) is 0 Å². The number of unbranched alkanes of at least 4 members (excludes halogenated alkanes) is 2. The molecule has 0 bridgehead atoms. The van der Waals surface area contributed by atoms with Gasteiger partial charge in [0.1, 0.15) is 0 Å². The van der Waals surface area contributed by atoms with Gasteiger partial charge in [-0.15, -0.1) is 0 Å². The van der Waals surface area contributed by atoms with Crippen LogP contribution in [0.1, 0.15) is 50.2 Å². The Hall–Kier alpha value is -2.62. The van der Waals surface area contributed by atoms with E-state index in [0.717, 1.165) is 36.9 Å². The average molecular weight is 367 g/mol. The molecule has 27 heavy (non-hydrogen) atoms. The van der Waals surface area contributed by atoms with Crippen LogP contribution in [-0.2, 0) is 9.59 Å². The van der Waals surface area contributed by atoms with Gasteiger partial charge in [0, 0.05) is 26.6 Å². The molecule has 4 heteroatoms. The monoisotopic (exact) mass is 366 g/mol. The molecule has 0 aliphatic carbocycles. The first kappa shape index (κ1) is 20.7. The second-order valence-corrected chi connectivity index (χ2v) is 6.76. The summed E-state index contributed by atoms with van der Waals surface area (Å²) in [5, 5.41) is 3.02. The lowest BCUT2D eigenvalue weighted by molar-refractivity contribution is -0.129. The number of rotatable bonds is 10. The zero-order chi connectivity index (χ0) is 19.5. The molecule has 2 amide bonds. The number of amides is 2. The summed E-state index contributed by atoms with van der Waals surface area (Å²) in [4.78, 5) is 26.6. The van der Waals surface area contributed by atoms with Crippen molar-refractivity contribution in [2.24, 2.45) is 0 Å². The molecule has 0 fully saturated rings. The molecule has 0 radical (unpaired) electrons. The summed E-state index contributed by atoms with van der Waals surface area (Å²) >= 11 is 0. The summed E-state index contributed by atoms with van der Waals surface area (Å²) in [7, 11) is 0. The summed E-state index contributed by atoms with van der Waals surface area (Å²) in [6, 6.07) is 19.6. The molecule has 0 heterocycles. The second-order valence-electron chi connectivity index (χ2n) is 6.76. The van der Waals surface area contributed by atoms with E-state index in [1.165, 1.54) is 0 Å². The highest BCUT2D eigenvalue weighted by molar-refractivity contribution is 5.87. The SMILES string of the molecule is CCCCCN(CCNC(=O)C(c1ccccc1)c1ccccc1)C(C)=O. The Morgan fingerprint density at radius 1 is 0.889 bits per heavy atom. The van der Waals surface area contributed by atoms with Crippen molar-refractivity contribution in [1.82, 2.24) is 10.2 Å². The number of carbonyl (C=O) groups excluding carboxylic acids is 2. The molecule has 0 aliphatic heterocycles. The first-order valence-electron chi connectivity index (χ1n) is 9.76. The maximum atomic E-state index is 12.9. The van der Waals surface area contributed by atoms with Crippen LogP contribution in [0.5, 0.6) is 0 Å². The van der Waals surface area contributed by atoms with Crippen LogP contribution in [0.3, 0.4) is 0 Å². The van der Waals surface area contributed by atoms with E-state index in [1.54, 1.807) is 6.92 Å². The van der Waals surface area contributed by atoms with Crippen molar-refractivity contribution in [1.29, 1.82) is 0 Å². The Morgan fingerprint density at radius 2 is 1.44 bits per heavy atom. The van der Waals surface area contributed by atoms with Gasteiger partial charge in [-0.2, -0.15) is 0 Å². The quantitative estimate of drug-likeness (QED) is 0.647. The van der Waals surface area contributed by atoms with E-state index in [-0.39, 0.29) is 17.7 Å². The molecule has 144 valence electrons. The largest absolute Gasteiger partial charge is 0.354 e. The van der Waals surface area contributed by atoms with Gasteiger partial charge in [0.2, 0.25) is 11.8 Å². The van der Waals surface area contributed by atoms with Crippen LogP contribution in [0.25, 0.3) is 0 Å². The van der Waals surface area contributed by atoms with E-state index in [0.29, 0.717) is 13.1 Å². The number of nitrogens with zero attached hydrogens (tertiary/aromatic N) is 1. The van der Waals surface area contributed by atoms with Crippen LogP contribution in [0.15, 0.2) is 60.7 Å². The molecule has 2 aromatic carbocycles. The molecule has 1 N–H and O–H groups in total. The van der Waals surface area contributed by atoms with Gasteiger partial charge in [0.05, 0.1) is 5.92 Å². The normalized spacial score (nSPS) is 10.6. The number of benzene rings is 2. The number of hydrogen-bond donors (Lipinski definition) is 1. The Morgan fingerprint density at radius 3 is 1.93 bits per heavy atom. The maximum Gasteiger partial charge on any atom is 0.232 e. The van der Waals surface area contributed by atoms with E-state index >= 15 is 0 Å². The fourth-order valence-electron chi connectivity index (χ4n) is 3.18. The summed E-state index contributed by atoms with van der Waals surface area (Å²) in [5.74, 6) is -0.328. The number of carbonyl (C=O) groups is 2. The van der Waals surface area contributed by atoms with E-state index in [1.807, 2.05) is 65.6 Å². The van der Waals surface area contributed by atoms with Gasteiger partial charge in [0.25, 0.3) is 0 Å². The summed E-state index contributed by atoms with van der Waals surface area (Å²) in [5.41, 5.74) is 1.93. The van der Waals surface area contributed by atoms with Crippen LogP contribution in [0.2, 0.25) is 0 Å². The maximum absolute atomic E-state index is 12.9. The Bertz CT molecular complexity index is 661. The minimum atomic E-state index is -0.349. The zero-order valence-electron chi connectivity index (χ0n) is 16.4. The van der Waals surface area contributed by atoms with Gasteiger partial charge in [-0.3, -0.25) is 9.59 Å². The van der Waals surface area contributed by atoms with Gasteiger partial charge >= 0.3 is 0 Å². The molecule has 2 rings (SSSR count). The standard InChI is InChI=1S/C23H30N2O2/c1-3-4-11-17-25(19(2)26)18-16-24-23(27)22(20-12-7-5-8-13-20)21-14-9-6-10-15-21/h5-10,12-15,22H,3-4,11,16-18H2,1-2H3,(H,24,27).